The Hall–Kier alpha value is -3.28. The first-order valence-electron chi connectivity index (χ1n) is 8.57. The minimum absolute atomic E-state index is 0.288. The maximum atomic E-state index is 12.3. The number of amides is 1. The van der Waals surface area contributed by atoms with Gasteiger partial charge in [-0.3, -0.25) is 4.79 Å². The maximum Gasteiger partial charge on any atom is 0.342 e. The number of benzene rings is 2. The van der Waals surface area contributed by atoms with Crippen LogP contribution in [0.15, 0.2) is 52.9 Å². The van der Waals surface area contributed by atoms with Gasteiger partial charge in [0.15, 0.2) is 6.61 Å². The second-order valence-corrected chi connectivity index (χ2v) is 6.26. The zero-order valence-corrected chi connectivity index (χ0v) is 15.4. The first-order chi connectivity index (χ1) is 13.0. The summed E-state index contributed by atoms with van der Waals surface area (Å²) in [7, 11) is 1.48. The number of carbonyl (C=O) groups excluding carboxylic acids is 2. The van der Waals surface area contributed by atoms with Crippen molar-refractivity contribution in [2.45, 2.75) is 19.9 Å². The van der Waals surface area contributed by atoms with Gasteiger partial charge in [0.1, 0.15) is 22.7 Å². The molecule has 0 aliphatic heterocycles. The fraction of sp³-hybridized carbons (Fsp3) is 0.238. The van der Waals surface area contributed by atoms with Crippen LogP contribution in [-0.4, -0.2) is 25.6 Å². The minimum atomic E-state index is -0.609. The Bertz CT molecular complexity index is 943. The summed E-state index contributed by atoms with van der Waals surface area (Å²) >= 11 is 0. The molecule has 0 bridgehead atoms. The molecule has 0 aliphatic rings. The molecular weight excluding hydrogens is 346 g/mol. The summed E-state index contributed by atoms with van der Waals surface area (Å²) in [5.74, 6) is 0.0166. The van der Waals surface area contributed by atoms with Gasteiger partial charge in [0, 0.05) is 5.39 Å². The topological polar surface area (TPSA) is 77.8 Å². The first kappa shape index (κ1) is 18.5. The molecule has 3 aromatic rings. The van der Waals surface area contributed by atoms with Gasteiger partial charge >= 0.3 is 5.97 Å². The largest absolute Gasteiger partial charge is 0.496 e. The molecule has 27 heavy (non-hydrogen) atoms. The van der Waals surface area contributed by atoms with Crippen molar-refractivity contribution in [2.24, 2.45) is 0 Å². The normalized spacial score (nSPS) is 11.8. The van der Waals surface area contributed by atoms with Crippen LogP contribution in [0.3, 0.4) is 0 Å². The zero-order valence-electron chi connectivity index (χ0n) is 15.4. The first-order valence-corrected chi connectivity index (χ1v) is 8.57. The Labute approximate surface area is 157 Å². The average Bonchev–Trinajstić information content (AvgIpc) is 3.10. The number of hydrogen-bond acceptors (Lipinski definition) is 5. The smallest absolute Gasteiger partial charge is 0.342 e. The summed E-state index contributed by atoms with van der Waals surface area (Å²) in [6.07, 6.45) is 0. The predicted octanol–water partition coefficient (Wildman–Crippen LogP) is 3.78. The van der Waals surface area contributed by atoms with Crippen LogP contribution in [-0.2, 0) is 9.53 Å². The van der Waals surface area contributed by atoms with E-state index in [9.17, 15) is 9.59 Å². The molecule has 1 atom stereocenters. The number of carbonyl (C=O) groups is 2. The van der Waals surface area contributed by atoms with Gasteiger partial charge in [0.2, 0.25) is 0 Å². The molecule has 0 spiro atoms. The summed E-state index contributed by atoms with van der Waals surface area (Å²) in [6.45, 7) is 3.28. The molecule has 0 fully saturated rings. The van der Waals surface area contributed by atoms with E-state index in [-0.39, 0.29) is 18.2 Å². The van der Waals surface area contributed by atoms with Crippen molar-refractivity contribution in [3.63, 3.8) is 0 Å². The molecular formula is C21H21NO5. The molecule has 0 unspecified atom stereocenters. The molecule has 3 rings (SSSR count). The SMILES string of the molecule is COc1ccc(C)cc1C(=O)OCC(=O)N[C@@H](C)c1cc2ccccc2o1. The number of ether oxygens (including phenoxy) is 2. The number of para-hydroxylation sites is 1. The van der Waals surface area contributed by atoms with E-state index in [4.69, 9.17) is 13.9 Å². The highest BCUT2D eigenvalue weighted by molar-refractivity contribution is 5.94. The summed E-state index contributed by atoms with van der Waals surface area (Å²) in [4.78, 5) is 24.4. The number of aryl methyl sites for hydroxylation is 1. The molecule has 2 aromatic carbocycles. The Balaban J connectivity index is 1.59. The van der Waals surface area contributed by atoms with Crippen LogP contribution >= 0.6 is 0 Å². The fourth-order valence-electron chi connectivity index (χ4n) is 2.76. The average molecular weight is 367 g/mol. The van der Waals surface area contributed by atoms with E-state index in [0.717, 1.165) is 16.5 Å². The molecule has 1 heterocycles. The molecule has 140 valence electrons. The maximum absolute atomic E-state index is 12.3. The lowest BCUT2D eigenvalue weighted by molar-refractivity contribution is -0.125. The third-order valence-corrected chi connectivity index (χ3v) is 4.16. The molecule has 0 saturated carbocycles. The van der Waals surface area contributed by atoms with Gasteiger partial charge in [0.05, 0.1) is 13.2 Å². The quantitative estimate of drug-likeness (QED) is 0.671. The fourth-order valence-corrected chi connectivity index (χ4v) is 2.76. The summed E-state index contributed by atoms with van der Waals surface area (Å²) < 4.78 is 16.0. The van der Waals surface area contributed by atoms with E-state index in [1.807, 2.05) is 43.3 Å². The van der Waals surface area contributed by atoms with E-state index in [2.05, 4.69) is 5.32 Å². The standard InChI is InChI=1S/C21H21NO5/c1-13-8-9-18(25-3)16(10-13)21(24)26-12-20(23)22-14(2)19-11-15-6-4-5-7-17(15)27-19/h4-11,14H,12H2,1-3H3,(H,22,23)/t14-/m0/s1. The second kappa shape index (κ2) is 7.95. The number of methoxy groups -OCH3 is 1. The van der Waals surface area contributed by atoms with Crippen LogP contribution in [0.25, 0.3) is 11.0 Å². The lowest BCUT2D eigenvalue weighted by Crippen LogP contribution is -2.31. The molecule has 6 heteroatoms. The predicted molar refractivity (Wildman–Crippen MR) is 101 cm³/mol. The van der Waals surface area contributed by atoms with Gasteiger partial charge in [-0.15, -0.1) is 0 Å². The van der Waals surface area contributed by atoms with Gasteiger partial charge in [-0.1, -0.05) is 29.8 Å². The van der Waals surface area contributed by atoms with E-state index in [1.54, 1.807) is 19.1 Å². The van der Waals surface area contributed by atoms with E-state index in [1.165, 1.54) is 7.11 Å². The Morgan fingerprint density at radius 2 is 1.93 bits per heavy atom. The number of rotatable bonds is 6. The molecule has 0 saturated heterocycles. The van der Waals surface area contributed by atoms with E-state index >= 15 is 0 Å². The summed E-state index contributed by atoms with van der Waals surface area (Å²) in [5.41, 5.74) is 1.94. The van der Waals surface area contributed by atoms with Crippen LogP contribution in [0.1, 0.15) is 34.6 Å². The third-order valence-electron chi connectivity index (χ3n) is 4.16. The number of esters is 1. The lowest BCUT2D eigenvalue weighted by atomic mass is 10.1. The van der Waals surface area contributed by atoms with Crippen LogP contribution in [0.5, 0.6) is 5.75 Å². The van der Waals surface area contributed by atoms with Gasteiger partial charge < -0.3 is 19.2 Å². The minimum Gasteiger partial charge on any atom is -0.496 e. The highest BCUT2D eigenvalue weighted by atomic mass is 16.5. The van der Waals surface area contributed by atoms with Crippen molar-refractivity contribution < 1.29 is 23.5 Å². The Kier molecular flexibility index (Phi) is 5.45. The van der Waals surface area contributed by atoms with Crippen molar-refractivity contribution in [2.75, 3.05) is 13.7 Å². The van der Waals surface area contributed by atoms with E-state index in [0.29, 0.717) is 11.5 Å². The van der Waals surface area contributed by atoms with Crippen LogP contribution < -0.4 is 10.1 Å². The van der Waals surface area contributed by atoms with Crippen molar-refractivity contribution in [3.05, 3.63) is 65.4 Å². The zero-order chi connectivity index (χ0) is 19.4. The molecule has 0 radical (unpaired) electrons. The molecule has 1 amide bonds. The molecule has 1 aromatic heterocycles. The van der Waals surface area contributed by atoms with Gasteiger partial charge in [0.25, 0.3) is 5.91 Å². The number of fused-ring (bicyclic) bond motifs is 1. The summed E-state index contributed by atoms with van der Waals surface area (Å²) in [6, 6.07) is 14.3. The molecule has 1 N–H and O–H groups in total. The highest BCUT2D eigenvalue weighted by Crippen LogP contribution is 2.23. The van der Waals surface area contributed by atoms with Crippen molar-refractivity contribution in [1.82, 2.24) is 5.32 Å². The van der Waals surface area contributed by atoms with Crippen molar-refractivity contribution in [1.29, 1.82) is 0 Å². The van der Waals surface area contributed by atoms with E-state index < -0.39 is 11.9 Å². The second-order valence-electron chi connectivity index (χ2n) is 6.26. The van der Waals surface area contributed by atoms with Crippen LogP contribution in [0.4, 0.5) is 0 Å². The van der Waals surface area contributed by atoms with Gasteiger partial charge in [-0.25, -0.2) is 4.79 Å². The number of furan rings is 1. The lowest BCUT2D eigenvalue weighted by Gasteiger charge is -2.12. The molecule has 0 aliphatic carbocycles. The van der Waals surface area contributed by atoms with Crippen LogP contribution in [0.2, 0.25) is 0 Å². The third kappa shape index (κ3) is 4.28. The summed E-state index contributed by atoms with van der Waals surface area (Å²) in [5, 5.41) is 3.73. The number of hydrogen-bond donors (Lipinski definition) is 1. The highest BCUT2D eigenvalue weighted by Gasteiger charge is 2.18. The van der Waals surface area contributed by atoms with Crippen LogP contribution in [0, 0.1) is 6.92 Å². The molecule has 6 nitrogen and oxygen atoms in total. The van der Waals surface area contributed by atoms with Crippen molar-refractivity contribution in [3.8, 4) is 5.75 Å². The Morgan fingerprint density at radius 1 is 1.15 bits per heavy atom. The van der Waals surface area contributed by atoms with Gasteiger partial charge in [-0.2, -0.15) is 0 Å². The van der Waals surface area contributed by atoms with Crippen molar-refractivity contribution >= 4 is 22.8 Å². The van der Waals surface area contributed by atoms with Gasteiger partial charge in [-0.05, 0) is 38.1 Å². The monoisotopic (exact) mass is 367 g/mol. The Morgan fingerprint density at radius 3 is 2.67 bits per heavy atom. The number of nitrogens with one attached hydrogen (secondary N) is 1.